The molecule has 5 heteroatoms. The highest BCUT2D eigenvalue weighted by atomic mass is 16.7. The van der Waals surface area contributed by atoms with Crippen LogP contribution in [-0.2, 0) is 14.3 Å². The summed E-state index contributed by atoms with van der Waals surface area (Å²) in [6, 6.07) is 7.26. The lowest BCUT2D eigenvalue weighted by Gasteiger charge is -2.23. The maximum Gasteiger partial charge on any atom is 0.151 e. The van der Waals surface area contributed by atoms with E-state index in [1.807, 2.05) is 24.3 Å². The van der Waals surface area contributed by atoms with E-state index < -0.39 is 5.60 Å². The minimum Gasteiger partial charge on any atom is -0.497 e. The van der Waals surface area contributed by atoms with Crippen LogP contribution in [-0.4, -0.2) is 39.5 Å². The molecule has 1 rings (SSSR count). The SMILES string of the molecule is COCO[C@](C)(C=O)CCOc1ccc(OC)cc1. The molecule has 0 N–H and O–H groups in total. The fraction of sp³-hybridized carbons (Fsp3) is 0.500. The van der Waals surface area contributed by atoms with E-state index in [9.17, 15) is 4.79 Å². The normalized spacial score (nSPS) is 13.6. The van der Waals surface area contributed by atoms with E-state index in [0.29, 0.717) is 13.0 Å². The Morgan fingerprint density at radius 3 is 2.32 bits per heavy atom. The molecule has 0 amide bonds. The summed E-state index contributed by atoms with van der Waals surface area (Å²) in [6.45, 7) is 2.17. The lowest BCUT2D eigenvalue weighted by Crippen LogP contribution is -2.33. The zero-order valence-corrected chi connectivity index (χ0v) is 11.5. The molecule has 0 spiro atoms. The van der Waals surface area contributed by atoms with Gasteiger partial charge >= 0.3 is 0 Å². The third-order valence-electron chi connectivity index (χ3n) is 2.68. The number of rotatable bonds is 9. The van der Waals surface area contributed by atoms with Crippen molar-refractivity contribution in [3.05, 3.63) is 24.3 Å². The molecule has 0 fully saturated rings. The molecule has 1 aromatic carbocycles. The second kappa shape index (κ2) is 7.76. The van der Waals surface area contributed by atoms with Crippen molar-refractivity contribution in [2.45, 2.75) is 18.9 Å². The summed E-state index contributed by atoms with van der Waals surface area (Å²) in [5, 5.41) is 0. The molecule has 0 unspecified atom stereocenters. The first-order valence-corrected chi connectivity index (χ1v) is 5.99. The first-order valence-electron chi connectivity index (χ1n) is 5.99. The smallest absolute Gasteiger partial charge is 0.151 e. The largest absolute Gasteiger partial charge is 0.497 e. The Morgan fingerprint density at radius 2 is 1.79 bits per heavy atom. The Morgan fingerprint density at radius 1 is 1.16 bits per heavy atom. The summed E-state index contributed by atoms with van der Waals surface area (Å²) >= 11 is 0. The predicted molar refractivity (Wildman–Crippen MR) is 70.5 cm³/mol. The second-order valence-corrected chi connectivity index (χ2v) is 4.26. The van der Waals surface area contributed by atoms with Crippen molar-refractivity contribution in [3.63, 3.8) is 0 Å². The molecule has 0 saturated heterocycles. The number of aldehydes is 1. The molecule has 0 aliphatic rings. The number of carbonyl (C=O) groups excluding carboxylic acids is 1. The highest BCUT2D eigenvalue weighted by Gasteiger charge is 2.24. The molecule has 1 atom stereocenters. The maximum atomic E-state index is 11.0. The van der Waals surface area contributed by atoms with Gasteiger partial charge in [0.2, 0.25) is 0 Å². The summed E-state index contributed by atoms with van der Waals surface area (Å²) in [5.74, 6) is 1.49. The van der Waals surface area contributed by atoms with E-state index in [2.05, 4.69) is 0 Å². The summed E-state index contributed by atoms with van der Waals surface area (Å²) in [4.78, 5) is 11.0. The molecular formula is C14H20O5. The third kappa shape index (κ3) is 5.28. The minimum absolute atomic E-state index is 0.0811. The molecule has 0 heterocycles. The van der Waals surface area contributed by atoms with Crippen LogP contribution in [0.2, 0.25) is 0 Å². The Labute approximate surface area is 113 Å². The summed E-state index contributed by atoms with van der Waals surface area (Å²) in [6.07, 6.45) is 1.22. The zero-order chi connectivity index (χ0) is 14.1. The summed E-state index contributed by atoms with van der Waals surface area (Å²) in [5.41, 5.74) is -0.886. The van der Waals surface area contributed by atoms with Gasteiger partial charge in [-0.2, -0.15) is 0 Å². The van der Waals surface area contributed by atoms with Crippen LogP contribution in [0.1, 0.15) is 13.3 Å². The van der Waals surface area contributed by atoms with Crippen LogP contribution in [0.4, 0.5) is 0 Å². The van der Waals surface area contributed by atoms with Crippen LogP contribution in [0, 0.1) is 0 Å². The fourth-order valence-electron chi connectivity index (χ4n) is 1.40. The van der Waals surface area contributed by atoms with Gasteiger partial charge in [-0.05, 0) is 31.2 Å². The highest BCUT2D eigenvalue weighted by Crippen LogP contribution is 2.19. The van der Waals surface area contributed by atoms with Crippen LogP contribution < -0.4 is 9.47 Å². The quantitative estimate of drug-likeness (QED) is 0.507. The molecule has 0 aromatic heterocycles. The fourth-order valence-corrected chi connectivity index (χ4v) is 1.40. The zero-order valence-electron chi connectivity index (χ0n) is 11.5. The van der Waals surface area contributed by atoms with Gasteiger partial charge in [0.05, 0.1) is 13.7 Å². The average molecular weight is 268 g/mol. The van der Waals surface area contributed by atoms with Crippen molar-refractivity contribution in [1.82, 2.24) is 0 Å². The number of hydrogen-bond acceptors (Lipinski definition) is 5. The molecule has 1 aromatic rings. The maximum absolute atomic E-state index is 11.0. The average Bonchev–Trinajstić information content (AvgIpc) is 2.46. The molecule has 0 aliphatic carbocycles. The van der Waals surface area contributed by atoms with Gasteiger partial charge in [-0.15, -0.1) is 0 Å². The Hall–Kier alpha value is -1.59. The lowest BCUT2D eigenvalue weighted by atomic mass is 10.1. The molecule has 0 radical (unpaired) electrons. The van der Waals surface area contributed by atoms with E-state index in [0.717, 1.165) is 17.8 Å². The van der Waals surface area contributed by atoms with Crippen molar-refractivity contribution >= 4 is 6.29 Å². The van der Waals surface area contributed by atoms with Crippen molar-refractivity contribution in [2.75, 3.05) is 27.6 Å². The topological polar surface area (TPSA) is 54.0 Å². The van der Waals surface area contributed by atoms with Gasteiger partial charge in [0.1, 0.15) is 23.9 Å². The number of benzene rings is 1. The van der Waals surface area contributed by atoms with Crippen LogP contribution in [0.5, 0.6) is 11.5 Å². The summed E-state index contributed by atoms with van der Waals surface area (Å²) in [7, 11) is 3.12. The van der Waals surface area contributed by atoms with E-state index in [-0.39, 0.29) is 6.79 Å². The number of ether oxygens (including phenoxy) is 4. The van der Waals surface area contributed by atoms with Gasteiger partial charge in [-0.3, -0.25) is 0 Å². The van der Waals surface area contributed by atoms with Gasteiger partial charge in [0, 0.05) is 13.5 Å². The third-order valence-corrected chi connectivity index (χ3v) is 2.68. The van der Waals surface area contributed by atoms with E-state index in [4.69, 9.17) is 18.9 Å². The molecular weight excluding hydrogens is 248 g/mol. The number of hydrogen-bond donors (Lipinski definition) is 0. The molecule has 0 saturated carbocycles. The van der Waals surface area contributed by atoms with Gasteiger partial charge in [0.25, 0.3) is 0 Å². The van der Waals surface area contributed by atoms with Crippen LogP contribution in [0.25, 0.3) is 0 Å². The van der Waals surface area contributed by atoms with E-state index >= 15 is 0 Å². The van der Waals surface area contributed by atoms with E-state index in [1.165, 1.54) is 7.11 Å². The van der Waals surface area contributed by atoms with Crippen LogP contribution >= 0.6 is 0 Å². The Bertz CT molecular complexity index is 376. The minimum atomic E-state index is -0.886. The molecule has 5 nitrogen and oxygen atoms in total. The Balaban J connectivity index is 2.40. The lowest BCUT2D eigenvalue weighted by molar-refractivity contribution is -0.150. The highest BCUT2D eigenvalue weighted by molar-refractivity contribution is 5.61. The van der Waals surface area contributed by atoms with Gasteiger partial charge < -0.3 is 23.7 Å². The Kier molecular flexibility index (Phi) is 6.32. The first-order chi connectivity index (χ1) is 9.13. The molecule has 0 bridgehead atoms. The monoisotopic (exact) mass is 268 g/mol. The standard InChI is InChI=1S/C14H20O5/c1-14(10-15,19-11-16-2)8-9-18-13-6-4-12(17-3)5-7-13/h4-7,10H,8-9,11H2,1-3H3/t14-/m0/s1. The molecule has 19 heavy (non-hydrogen) atoms. The second-order valence-electron chi connectivity index (χ2n) is 4.26. The summed E-state index contributed by atoms with van der Waals surface area (Å²) < 4.78 is 20.7. The van der Waals surface area contributed by atoms with E-state index in [1.54, 1.807) is 14.0 Å². The van der Waals surface area contributed by atoms with Crippen LogP contribution in [0.3, 0.4) is 0 Å². The molecule has 106 valence electrons. The van der Waals surface area contributed by atoms with Crippen molar-refractivity contribution < 1.29 is 23.7 Å². The van der Waals surface area contributed by atoms with Crippen molar-refractivity contribution in [2.24, 2.45) is 0 Å². The van der Waals surface area contributed by atoms with Gasteiger partial charge in [-0.25, -0.2) is 0 Å². The first kappa shape index (κ1) is 15.5. The van der Waals surface area contributed by atoms with Crippen LogP contribution in [0.15, 0.2) is 24.3 Å². The number of carbonyl (C=O) groups is 1. The number of methoxy groups -OCH3 is 2. The van der Waals surface area contributed by atoms with Crippen molar-refractivity contribution in [3.8, 4) is 11.5 Å². The molecule has 0 aliphatic heterocycles. The van der Waals surface area contributed by atoms with Crippen molar-refractivity contribution in [1.29, 1.82) is 0 Å². The van der Waals surface area contributed by atoms with Gasteiger partial charge in [0.15, 0.2) is 6.29 Å². The predicted octanol–water partition coefficient (Wildman–Crippen LogP) is 2.04. The van der Waals surface area contributed by atoms with Gasteiger partial charge in [-0.1, -0.05) is 0 Å².